The maximum absolute atomic E-state index is 11.9. The van der Waals surface area contributed by atoms with E-state index >= 15 is 0 Å². The third kappa shape index (κ3) is 3.01. The molecule has 2 aromatic heterocycles. The highest BCUT2D eigenvalue weighted by molar-refractivity contribution is 6.29. The van der Waals surface area contributed by atoms with Crippen molar-refractivity contribution in [2.75, 3.05) is 0 Å². The summed E-state index contributed by atoms with van der Waals surface area (Å²) in [7, 11) is 0. The topological polar surface area (TPSA) is 74.3 Å². The lowest BCUT2D eigenvalue weighted by Gasteiger charge is -2.05. The number of carbonyl (C=O) groups excluding carboxylic acids is 1. The number of esters is 1. The van der Waals surface area contributed by atoms with Gasteiger partial charge in [0.25, 0.3) is 0 Å². The molecule has 0 aliphatic rings. The highest BCUT2D eigenvalue weighted by Gasteiger charge is 2.13. The fourth-order valence-electron chi connectivity index (χ4n) is 1.99. The van der Waals surface area contributed by atoms with Gasteiger partial charge in [0, 0.05) is 11.8 Å². The quantitative estimate of drug-likeness (QED) is 0.545. The van der Waals surface area contributed by atoms with Crippen LogP contribution in [-0.2, 0) is 22.7 Å². The van der Waals surface area contributed by atoms with Crippen molar-refractivity contribution in [1.82, 2.24) is 9.55 Å². The second kappa shape index (κ2) is 6.03. The van der Waals surface area contributed by atoms with Gasteiger partial charge >= 0.3 is 11.7 Å². The van der Waals surface area contributed by atoms with Crippen LogP contribution in [0, 0.1) is 0 Å². The highest BCUT2D eigenvalue weighted by atomic mass is 35.5. The Morgan fingerprint density at radius 2 is 2.09 bits per heavy atom. The van der Waals surface area contributed by atoms with Crippen LogP contribution in [0.1, 0.15) is 5.56 Å². The largest absolute Gasteiger partial charge is 0.459 e. The molecule has 0 N–H and O–H groups in total. The summed E-state index contributed by atoms with van der Waals surface area (Å²) in [5, 5.41) is 0.367. The first-order valence-electron chi connectivity index (χ1n) is 6.48. The van der Waals surface area contributed by atoms with Gasteiger partial charge < -0.3 is 9.15 Å². The van der Waals surface area contributed by atoms with Crippen LogP contribution in [0.3, 0.4) is 0 Å². The predicted octanol–water partition coefficient (Wildman–Crippen LogP) is 2.39. The van der Waals surface area contributed by atoms with Gasteiger partial charge in [0.05, 0.1) is 5.52 Å². The number of para-hydroxylation sites is 2. The Morgan fingerprint density at radius 1 is 1.27 bits per heavy atom. The summed E-state index contributed by atoms with van der Waals surface area (Å²) < 4.78 is 11.4. The van der Waals surface area contributed by atoms with Gasteiger partial charge in [-0.05, 0) is 18.2 Å². The molecule has 0 saturated heterocycles. The number of nitrogens with zero attached hydrogens (tertiary/aromatic N) is 2. The van der Waals surface area contributed by atoms with Crippen LogP contribution in [0.5, 0.6) is 0 Å². The Labute approximate surface area is 129 Å². The van der Waals surface area contributed by atoms with Crippen molar-refractivity contribution in [1.29, 1.82) is 0 Å². The lowest BCUT2D eigenvalue weighted by atomic mass is 10.3. The summed E-state index contributed by atoms with van der Waals surface area (Å²) in [5.41, 5.74) is 1.70. The zero-order valence-corrected chi connectivity index (χ0v) is 12.1. The molecular weight excluding hydrogens is 308 g/mol. The molecule has 3 rings (SSSR count). The van der Waals surface area contributed by atoms with Crippen LogP contribution < -0.4 is 5.76 Å². The summed E-state index contributed by atoms with van der Waals surface area (Å²) in [6, 6.07) is 10.2. The Hall–Kier alpha value is -2.60. The Balaban J connectivity index is 1.69. The van der Waals surface area contributed by atoms with Crippen molar-refractivity contribution in [3.63, 3.8) is 0 Å². The van der Waals surface area contributed by atoms with Gasteiger partial charge in [-0.25, -0.2) is 9.78 Å². The summed E-state index contributed by atoms with van der Waals surface area (Å²) in [6.45, 7) is -0.148. The average Bonchev–Trinajstić information content (AvgIpc) is 2.83. The number of oxazole rings is 1. The molecule has 3 aromatic rings. The zero-order valence-electron chi connectivity index (χ0n) is 11.4. The lowest BCUT2D eigenvalue weighted by Crippen LogP contribution is -2.21. The number of aromatic nitrogens is 2. The monoisotopic (exact) mass is 318 g/mol. The van der Waals surface area contributed by atoms with Gasteiger partial charge in [-0.1, -0.05) is 29.8 Å². The van der Waals surface area contributed by atoms with E-state index in [0.717, 1.165) is 0 Å². The Bertz CT molecular complexity index is 867. The van der Waals surface area contributed by atoms with Crippen molar-refractivity contribution in [3.8, 4) is 0 Å². The van der Waals surface area contributed by atoms with Crippen LogP contribution in [0.25, 0.3) is 11.1 Å². The number of pyridine rings is 1. The van der Waals surface area contributed by atoms with Crippen molar-refractivity contribution in [3.05, 3.63) is 63.9 Å². The van der Waals surface area contributed by atoms with Crippen LogP contribution in [0.4, 0.5) is 0 Å². The van der Waals surface area contributed by atoms with Crippen molar-refractivity contribution < 1.29 is 13.9 Å². The molecule has 0 fully saturated rings. The average molecular weight is 319 g/mol. The van der Waals surface area contributed by atoms with Gasteiger partial charge in [0.2, 0.25) is 0 Å². The van der Waals surface area contributed by atoms with Gasteiger partial charge in [0.15, 0.2) is 5.58 Å². The third-order valence-corrected chi connectivity index (χ3v) is 3.27. The van der Waals surface area contributed by atoms with E-state index in [9.17, 15) is 9.59 Å². The molecule has 0 spiro atoms. The number of carbonyl (C=O) groups is 1. The Kier molecular flexibility index (Phi) is 3.93. The number of ether oxygens (including phenoxy) is 1. The second-order valence-electron chi connectivity index (χ2n) is 4.57. The van der Waals surface area contributed by atoms with Crippen LogP contribution in [0.15, 0.2) is 51.8 Å². The molecule has 0 radical (unpaired) electrons. The van der Waals surface area contributed by atoms with Crippen molar-refractivity contribution >= 4 is 28.7 Å². The molecule has 0 aliphatic carbocycles. The van der Waals surface area contributed by atoms with E-state index in [-0.39, 0.29) is 13.2 Å². The molecule has 0 amide bonds. The number of fused-ring (bicyclic) bond motifs is 1. The summed E-state index contributed by atoms with van der Waals surface area (Å²) in [5.74, 6) is -1.13. The minimum absolute atomic E-state index is 0.0630. The molecule has 2 heterocycles. The summed E-state index contributed by atoms with van der Waals surface area (Å²) in [4.78, 5) is 27.5. The molecule has 0 aliphatic heterocycles. The molecule has 0 saturated carbocycles. The Morgan fingerprint density at radius 3 is 2.86 bits per heavy atom. The maximum atomic E-state index is 11.9. The zero-order chi connectivity index (χ0) is 15.5. The molecule has 112 valence electrons. The van der Waals surface area contributed by atoms with E-state index in [0.29, 0.717) is 21.8 Å². The van der Waals surface area contributed by atoms with Crippen LogP contribution >= 0.6 is 11.6 Å². The minimum Gasteiger partial charge on any atom is -0.459 e. The van der Waals surface area contributed by atoms with Gasteiger partial charge in [-0.15, -0.1) is 0 Å². The van der Waals surface area contributed by atoms with Gasteiger partial charge in [-0.3, -0.25) is 9.36 Å². The molecule has 7 heteroatoms. The smallest absolute Gasteiger partial charge is 0.420 e. The van der Waals surface area contributed by atoms with Gasteiger partial charge in [-0.2, -0.15) is 0 Å². The first kappa shape index (κ1) is 14.3. The van der Waals surface area contributed by atoms with E-state index < -0.39 is 11.7 Å². The number of hydrogen-bond acceptors (Lipinski definition) is 5. The number of halogens is 1. The van der Waals surface area contributed by atoms with E-state index in [4.69, 9.17) is 20.8 Å². The summed E-state index contributed by atoms with van der Waals surface area (Å²) >= 11 is 5.67. The highest BCUT2D eigenvalue weighted by Crippen LogP contribution is 2.12. The minimum atomic E-state index is -0.591. The lowest BCUT2D eigenvalue weighted by molar-refractivity contribution is -0.145. The second-order valence-corrected chi connectivity index (χ2v) is 4.96. The first-order valence-corrected chi connectivity index (χ1v) is 6.86. The number of benzene rings is 1. The SMILES string of the molecule is O=C(Cn1c(=O)oc2ccccc21)OCc1ccc(Cl)nc1. The van der Waals surface area contributed by atoms with E-state index in [1.165, 1.54) is 10.8 Å². The molecule has 0 atom stereocenters. The number of hydrogen-bond donors (Lipinski definition) is 0. The standard InChI is InChI=1S/C15H11ClN2O4/c16-13-6-5-10(7-17-13)9-21-14(19)8-18-11-3-1-2-4-12(11)22-15(18)20/h1-7H,8-9H2. The van der Waals surface area contributed by atoms with Gasteiger partial charge in [0.1, 0.15) is 18.3 Å². The molecule has 6 nitrogen and oxygen atoms in total. The molecular formula is C15H11ClN2O4. The van der Waals surface area contributed by atoms with Crippen LogP contribution in [-0.4, -0.2) is 15.5 Å². The predicted molar refractivity (Wildman–Crippen MR) is 79.5 cm³/mol. The maximum Gasteiger partial charge on any atom is 0.420 e. The van der Waals surface area contributed by atoms with E-state index in [1.54, 1.807) is 36.4 Å². The third-order valence-electron chi connectivity index (χ3n) is 3.05. The molecule has 0 bridgehead atoms. The normalized spacial score (nSPS) is 10.8. The van der Waals surface area contributed by atoms with E-state index in [1.807, 2.05) is 0 Å². The molecule has 1 aromatic carbocycles. The van der Waals surface area contributed by atoms with Crippen LogP contribution in [0.2, 0.25) is 5.15 Å². The first-order chi connectivity index (χ1) is 10.6. The summed E-state index contributed by atoms with van der Waals surface area (Å²) in [6.07, 6.45) is 1.52. The molecule has 22 heavy (non-hydrogen) atoms. The fourth-order valence-corrected chi connectivity index (χ4v) is 2.11. The van der Waals surface area contributed by atoms with E-state index in [2.05, 4.69) is 4.98 Å². The van der Waals surface area contributed by atoms with Crippen molar-refractivity contribution in [2.24, 2.45) is 0 Å². The number of rotatable bonds is 4. The fraction of sp³-hybridized carbons (Fsp3) is 0.133. The molecule has 0 unspecified atom stereocenters. The van der Waals surface area contributed by atoms with Crippen molar-refractivity contribution in [2.45, 2.75) is 13.2 Å².